The first-order chi connectivity index (χ1) is 38.0. The summed E-state index contributed by atoms with van der Waals surface area (Å²) in [7, 11) is 0. The molecule has 77 heavy (non-hydrogen) atoms. The fourth-order valence-corrected chi connectivity index (χ4v) is 13.0. The largest absolute Gasteiger partial charge is 0.344 e. The molecule has 366 valence electrons. The highest BCUT2D eigenvalue weighted by Crippen LogP contribution is 2.50. The average Bonchev–Trinajstić information content (AvgIpc) is 4.21. The van der Waals surface area contributed by atoms with Crippen molar-refractivity contribution in [3.05, 3.63) is 275 Å². The minimum absolute atomic E-state index is 0.259. The zero-order chi connectivity index (χ0) is 51.2. The van der Waals surface area contributed by atoms with Crippen molar-refractivity contribution in [1.82, 2.24) is 14.5 Å². The Morgan fingerprint density at radius 1 is 0.455 bits per heavy atom. The standard InChI is InChI=1S/C72H53N5/c1-72(2)60-34-15-12-27-52(60)55-32-18-33-59(68(55)72)71-74-69(49-41-39-48(40-42-49)46-21-6-3-7-22-46)73-70(75-71)58-44-43-50(47-23-8-4-9-24-47)45-65(58)77-62-36-17-14-29-57(62)67-54(31-20-38-64(67)77)53-30-19-37-63-66(53)56-28-13-16-35-61(56)76(63)51-25-10-5-11-26-51/h3-13,15-16,18-45,70H,14,17H2,1-2H3,(H,73,74,75). The molecule has 5 heteroatoms. The normalized spacial score (nSPS) is 15.2. The summed E-state index contributed by atoms with van der Waals surface area (Å²) in [6.07, 6.45) is 6.34. The Balaban J connectivity index is 0.963. The van der Waals surface area contributed by atoms with Crippen molar-refractivity contribution in [3.8, 4) is 55.9 Å². The van der Waals surface area contributed by atoms with Gasteiger partial charge in [-0.1, -0.05) is 226 Å². The first-order valence-corrected chi connectivity index (χ1v) is 26.9. The van der Waals surface area contributed by atoms with Gasteiger partial charge in [-0.25, -0.2) is 9.98 Å². The van der Waals surface area contributed by atoms with E-state index in [2.05, 4.69) is 277 Å². The van der Waals surface area contributed by atoms with E-state index in [9.17, 15) is 0 Å². The van der Waals surface area contributed by atoms with Gasteiger partial charge in [0.15, 0.2) is 5.84 Å². The van der Waals surface area contributed by atoms with E-state index in [0.717, 1.165) is 68.9 Å². The smallest absolute Gasteiger partial charge is 0.159 e. The molecule has 3 aliphatic rings. The number of hydrogen-bond donors (Lipinski definition) is 1. The molecule has 0 amide bonds. The molecule has 1 aliphatic heterocycles. The summed E-state index contributed by atoms with van der Waals surface area (Å²) >= 11 is 0. The molecule has 10 aromatic carbocycles. The van der Waals surface area contributed by atoms with Gasteiger partial charge in [-0.3, -0.25) is 0 Å². The molecule has 0 spiro atoms. The molecule has 3 heterocycles. The van der Waals surface area contributed by atoms with Gasteiger partial charge in [-0.05, 0) is 105 Å². The van der Waals surface area contributed by atoms with Gasteiger partial charge in [0.05, 0.1) is 22.2 Å². The second-order valence-electron chi connectivity index (χ2n) is 21.1. The van der Waals surface area contributed by atoms with Crippen LogP contribution in [0.1, 0.15) is 60.7 Å². The quantitative estimate of drug-likeness (QED) is 0.162. The third kappa shape index (κ3) is 7.14. The monoisotopic (exact) mass is 987 g/mol. The lowest BCUT2D eigenvalue weighted by Gasteiger charge is -2.29. The number of nitrogens with zero attached hydrogens (tertiary/aromatic N) is 4. The van der Waals surface area contributed by atoms with Crippen molar-refractivity contribution in [2.45, 2.75) is 38.3 Å². The van der Waals surface area contributed by atoms with E-state index in [1.807, 2.05) is 0 Å². The van der Waals surface area contributed by atoms with Crippen LogP contribution >= 0.6 is 0 Å². The van der Waals surface area contributed by atoms with Gasteiger partial charge in [0.1, 0.15) is 12.0 Å². The van der Waals surface area contributed by atoms with Crippen LogP contribution in [0, 0.1) is 0 Å². The molecule has 2 aliphatic carbocycles. The first kappa shape index (κ1) is 44.9. The van der Waals surface area contributed by atoms with Crippen LogP contribution in [0.3, 0.4) is 0 Å². The number of aliphatic imine (C=N–C) groups is 2. The van der Waals surface area contributed by atoms with E-state index in [1.54, 1.807) is 0 Å². The predicted molar refractivity (Wildman–Crippen MR) is 321 cm³/mol. The van der Waals surface area contributed by atoms with Crippen molar-refractivity contribution in [2.75, 3.05) is 0 Å². The third-order valence-corrected chi connectivity index (χ3v) is 16.4. The molecule has 0 saturated carbocycles. The number of aromatic nitrogens is 2. The molecule has 2 aromatic heterocycles. The highest BCUT2D eigenvalue weighted by Gasteiger charge is 2.39. The number of amidine groups is 2. The van der Waals surface area contributed by atoms with Gasteiger partial charge in [0.2, 0.25) is 0 Å². The van der Waals surface area contributed by atoms with Crippen molar-refractivity contribution in [1.29, 1.82) is 0 Å². The van der Waals surface area contributed by atoms with Gasteiger partial charge < -0.3 is 14.5 Å². The van der Waals surface area contributed by atoms with Crippen LogP contribution < -0.4 is 15.9 Å². The Hall–Kier alpha value is -9.58. The van der Waals surface area contributed by atoms with Crippen LogP contribution in [0.4, 0.5) is 0 Å². The van der Waals surface area contributed by atoms with Crippen LogP contribution in [-0.4, -0.2) is 20.8 Å². The maximum Gasteiger partial charge on any atom is 0.159 e. The van der Waals surface area contributed by atoms with Crippen LogP contribution in [0.2, 0.25) is 0 Å². The minimum atomic E-state index is -0.504. The highest BCUT2D eigenvalue weighted by molar-refractivity contribution is 6.18. The van der Waals surface area contributed by atoms with Gasteiger partial charge >= 0.3 is 0 Å². The van der Waals surface area contributed by atoms with Crippen molar-refractivity contribution in [3.63, 3.8) is 0 Å². The summed E-state index contributed by atoms with van der Waals surface area (Å²) in [6.45, 7) is 4.70. The third-order valence-electron chi connectivity index (χ3n) is 16.4. The van der Waals surface area contributed by atoms with Crippen LogP contribution in [0.5, 0.6) is 0 Å². The summed E-state index contributed by atoms with van der Waals surface area (Å²) in [5.74, 6) is 1.50. The zero-order valence-corrected chi connectivity index (χ0v) is 43.0. The second-order valence-corrected chi connectivity index (χ2v) is 21.1. The molecule has 12 aromatic rings. The lowest BCUT2D eigenvalue weighted by molar-refractivity contribution is 0.649. The fraction of sp³-hybridized carbons (Fsp3) is 0.0833. The Morgan fingerprint density at radius 2 is 1.01 bits per heavy atom. The highest BCUT2D eigenvalue weighted by atomic mass is 15.2. The van der Waals surface area contributed by atoms with Gasteiger partial charge in [0, 0.05) is 54.5 Å². The molecular formula is C72H53N5. The predicted octanol–water partition coefficient (Wildman–Crippen LogP) is 15.9. The lowest BCUT2D eigenvalue weighted by atomic mass is 9.80. The number of benzene rings is 10. The molecule has 0 fully saturated rings. The molecule has 0 saturated heterocycles. The number of rotatable bonds is 8. The van der Waals surface area contributed by atoms with Crippen LogP contribution in [0.15, 0.2) is 247 Å². The maximum atomic E-state index is 5.67. The fourth-order valence-electron chi connectivity index (χ4n) is 13.0. The summed E-state index contributed by atoms with van der Waals surface area (Å²) in [5, 5.41) is 10.2. The molecule has 1 N–H and O–H groups in total. The number of nitrogens with one attached hydrogen (secondary N) is 1. The number of hydrogen-bond acceptors (Lipinski definition) is 3. The van der Waals surface area contributed by atoms with Crippen LogP contribution in [0.25, 0.3) is 101 Å². The van der Waals surface area contributed by atoms with Crippen molar-refractivity contribution in [2.24, 2.45) is 9.98 Å². The topological polar surface area (TPSA) is 46.6 Å². The molecule has 15 rings (SSSR count). The van der Waals surface area contributed by atoms with E-state index < -0.39 is 6.17 Å². The Morgan fingerprint density at radius 3 is 1.79 bits per heavy atom. The lowest BCUT2D eigenvalue weighted by Crippen LogP contribution is -2.36. The molecule has 0 bridgehead atoms. The number of para-hydroxylation sites is 2. The Labute approximate surface area is 447 Å². The average molecular weight is 988 g/mol. The van der Waals surface area contributed by atoms with Crippen LogP contribution in [-0.2, 0) is 5.41 Å². The van der Waals surface area contributed by atoms with E-state index in [0.29, 0.717) is 5.84 Å². The van der Waals surface area contributed by atoms with Gasteiger partial charge in [0.25, 0.3) is 0 Å². The summed E-state index contributed by atoms with van der Waals surface area (Å²) in [5.41, 5.74) is 20.8. The maximum absolute atomic E-state index is 5.67. The molecule has 1 unspecified atom stereocenters. The summed E-state index contributed by atoms with van der Waals surface area (Å²) in [6, 6.07) is 86.0. The Bertz CT molecular complexity index is 4540. The number of fused-ring (bicyclic) bond motifs is 9. The second kappa shape index (κ2) is 17.8. The van der Waals surface area contributed by atoms with Gasteiger partial charge in [-0.15, -0.1) is 0 Å². The van der Waals surface area contributed by atoms with E-state index in [4.69, 9.17) is 9.98 Å². The SMILES string of the molecule is CC1(C)c2ccccc2-c2cccc(C3=NC(c4ccc(-c5ccccc5)cc4)=NC(c4ccc(-c5ccccc5)cc4-n4c5c(c6c(-c7cccc8c7c7ccccc7n8-c7ccccc7)cccc64)=CCCC=5)N3)c21. The summed E-state index contributed by atoms with van der Waals surface area (Å²) < 4.78 is 4.96. The van der Waals surface area contributed by atoms with Crippen molar-refractivity contribution >= 4 is 56.5 Å². The summed E-state index contributed by atoms with van der Waals surface area (Å²) in [4.78, 5) is 11.2. The molecular weight excluding hydrogens is 935 g/mol. The molecule has 1 atom stereocenters. The van der Waals surface area contributed by atoms with E-state index >= 15 is 0 Å². The molecule has 0 radical (unpaired) electrons. The van der Waals surface area contributed by atoms with E-state index in [1.165, 1.54) is 76.7 Å². The van der Waals surface area contributed by atoms with Gasteiger partial charge in [-0.2, -0.15) is 0 Å². The first-order valence-electron chi connectivity index (χ1n) is 26.9. The van der Waals surface area contributed by atoms with E-state index in [-0.39, 0.29) is 5.41 Å². The Kier molecular flexibility index (Phi) is 10.4. The minimum Gasteiger partial charge on any atom is -0.344 e. The zero-order valence-electron chi connectivity index (χ0n) is 43.0. The van der Waals surface area contributed by atoms with Crippen molar-refractivity contribution < 1.29 is 0 Å². The molecule has 5 nitrogen and oxygen atoms in total.